The van der Waals surface area contributed by atoms with Crippen LogP contribution in [0.15, 0.2) is 24.3 Å². The van der Waals surface area contributed by atoms with Crippen molar-refractivity contribution < 1.29 is 14.3 Å². The molecule has 0 spiro atoms. The van der Waals surface area contributed by atoms with Crippen LogP contribution in [0.4, 0.5) is 0 Å². The summed E-state index contributed by atoms with van der Waals surface area (Å²) in [7, 11) is 3.13. The molecule has 1 aliphatic rings. The molecule has 0 unspecified atom stereocenters. The second-order valence-corrected chi connectivity index (χ2v) is 5.74. The molecule has 23 heavy (non-hydrogen) atoms. The second kappa shape index (κ2) is 5.87. The Morgan fingerprint density at radius 1 is 1.30 bits per heavy atom. The number of fused-ring (bicyclic) bond motifs is 1. The first-order valence-electron chi connectivity index (χ1n) is 7.50. The van der Waals surface area contributed by atoms with E-state index in [4.69, 9.17) is 4.74 Å². The van der Waals surface area contributed by atoms with Gasteiger partial charge in [-0.25, -0.2) is 4.79 Å². The number of hydrogen-bond acceptors (Lipinski definition) is 4. The van der Waals surface area contributed by atoms with Crippen molar-refractivity contribution in [2.24, 2.45) is 7.05 Å². The molecule has 6 nitrogen and oxygen atoms in total. The molecule has 6 heteroatoms. The van der Waals surface area contributed by atoms with Crippen molar-refractivity contribution in [1.29, 1.82) is 0 Å². The predicted octanol–water partition coefficient (Wildman–Crippen LogP) is 1.71. The Hall–Kier alpha value is -2.63. The van der Waals surface area contributed by atoms with Gasteiger partial charge in [0.15, 0.2) is 5.69 Å². The Balaban J connectivity index is 1.87. The molecule has 1 amide bonds. The van der Waals surface area contributed by atoms with Gasteiger partial charge in [-0.15, -0.1) is 0 Å². The van der Waals surface area contributed by atoms with Crippen molar-refractivity contribution in [2.75, 3.05) is 13.7 Å². The number of aromatic nitrogens is 2. The van der Waals surface area contributed by atoms with Crippen LogP contribution in [0.5, 0.6) is 0 Å². The molecule has 0 N–H and O–H groups in total. The number of amides is 1. The monoisotopic (exact) mass is 313 g/mol. The van der Waals surface area contributed by atoms with Crippen molar-refractivity contribution >= 4 is 11.9 Å². The van der Waals surface area contributed by atoms with Gasteiger partial charge in [0.05, 0.1) is 19.3 Å². The summed E-state index contributed by atoms with van der Waals surface area (Å²) >= 11 is 0. The fourth-order valence-corrected chi connectivity index (χ4v) is 2.96. The zero-order valence-corrected chi connectivity index (χ0v) is 13.5. The van der Waals surface area contributed by atoms with Crippen LogP contribution in [0.1, 0.15) is 37.7 Å². The minimum Gasteiger partial charge on any atom is -0.464 e. The van der Waals surface area contributed by atoms with E-state index in [0.29, 0.717) is 30.8 Å². The van der Waals surface area contributed by atoms with E-state index < -0.39 is 5.97 Å². The average Bonchev–Trinajstić information content (AvgIpc) is 2.90. The summed E-state index contributed by atoms with van der Waals surface area (Å²) in [4.78, 5) is 26.3. The van der Waals surface area contributed by atoms with Gasteiger partial charge < -0.3 is 9.64 Å². The lowest BCUT2D eigenvalue weighted by molar-refractivity contribution is 0.0591. The molecular formula is C17H19N3O3. The molecule has 0 bridgehead atoms. The number of carbonyl (C=O) groups is 2. The third-order valence-corrected chi connectivity index (χ3v) is 4.18. The minimum absolute atomic E-state index is 0.000156. The standard InChI is InChI=1S/C17H19N3O3/c1-11-5-4-6-12(9-11)16(21)20-8-7-13-14(10-20)19(2)18-15(13)17(22)23-3/h4-6,9H,7-8,10H2,1-3H3. The minimum atomic E-state index is -0.430. The summed E-state index contributed by atoms with van der Waals surface area (Å²) in [5, 5.41) is 4.25. The summed E-state index contributed by atoms with van der Waals surface area (Å²) in [5.41, 5.74) is 3.86. The maximum atomic E-state index is 12.7. The molecule has 2 aromatic rings. The van der Waals surface area contributed by atoms with E-state index in [1.54, 1.807) is 16.6 Å². The van der Waals surface area contributed by atoms with Crippen LogP contribution in [0.2, 0.25) is 0 Å². The normalized spacial score (nSPS) is 13.6. The molecule has 1 aliphatic heterocycles. The largest absolute Gasteiger partial charge is 0.464 e. The third kappa shape index (κ3) is 2.72. The zero-order chi connectivity index (χ0) is 16.6. The molecule has 1 aromatic heterocycles. The van der Waals surface area contributed by atoms with Crippen molar-refractivity contribution in [2.45, 2.75) is 19.9 Å². The summed E-state index contributed by atoms with van der Waals surface area (Å²) in [6.07, 6.45) is 0.602. The Kier molecular flexibility index (Phi) is 3.90. The number of hydrogen-bond donors (Lipinski definition) is 0. The van der Waals surface area contributed by atoms with E-state index in [-0.39, 0.29) is 5.91 Å². The highest BCUT2D eigenvalue weighted by Crippen LogP contribution is 2.24. The number of rotatable bonds is 2. The van der Waals surface area contributed by atoms with Crippen molar-refractivity contribution in [3.05, 3.63) is 52.3 Å². The Morgan fingerprint density at radius 2 is 2.09 bits per heavy atom. The van der Waals surface area contributed by atoms with E-state index in [0.717, 1.165) is 16.8 Å². The summed E-state index contributed by atoms with van der Waals surface area (Å²) in [6, 6.07) is 7.57. The molecule has 2 heterocycles. The van der Waals surface area contributed by atoms with Crippen LogP contribution in [0.3, 0.4) is 0 Å². The lowest BCUT2D eigenvalue weighted by Gasteiger charge is -2.27. The Labute approximate surface area is 134 Å². The molecule has 0 atom stereocenters. The molecule has 120 valence electrons. The molecular weight excluding hydrogens is 294 g/mol. The Morgan fingerprint density at radius 3 is 2.78 bits per heavy atom. The molecule has 1 aromatic carbocycles. The van der Waals surface area contributed by atoms with E-state index in [9.17, 15) is 9.59 Å². The fraction of sp³-hybridized carbons (Fsp3) is 0.353. The lowest BCUT2D eigenvalue weighted by atomic mass is 10.0. The van der Waals surface area contributed by atoms with Crippen molar-refractivity contribution in [3.8, 4) is 0 Å². The predicted molar refractivity (Wildman–Crippen MR) is 84.2 cm³/mol. The van der Waals surface area contributed by atoms with E-state index >= 15 is 0 Å². The number of aryl methyl sites for hydroxylation is 2. The SMILES string of the molecule is COC(=O)c1nn(C)c2c1CCN(C(=O)c1cccc(C)c1)C2. The maximum Gasteiger partial charge on any atom is 0.358 e. The molecule has 0 radical (unpaired) electrons. The van der Waals surface area contributed by atoms with Gasteiger partial charge in [0, 0.05) is 24.7 Å². The third-order valence-electron chi connectivity index (χ3n) is 4.18. The topological polar surface area (TPSA) is 64.4 Å². The van der Waals surface area contributed by atoms with Gasteiger partial charge in [-0.2, -0.15) is 5.10 Å². The van der Waals surface area contributed by atoms with Crippen LogP contribution in [0, 0.1) is 6.92 Å². The zero-order valence-electron chi connectivity index (χ0n) is 13.5. The van der Waals surface area contributed by atoms with E-state index in [1.807, 2.05) is 31.2 Å². The average molecular weight is 313 g/mol. The van der Waals surface area contributed by atoms with Crippen LogP contribution in [-0.4, -0.2) is 40.2 Å². The Bertz CT molecular complexity index is 779. The molecule has 0 aliphatic carbocycles. The molecule has 3 rings (SSSR count). The van der Waals surface area contributed by atoms with Gasteiger partial charge in [-0.1, -0.05) is 17.7 Å². The summed E-state index contributed by atoms with van der Waals surface area (Å²) < 4.78 is 6.44. The van der Waals surface area contributed by atoms with Gasteiger partial charge in [0.1, 0.15) is 0 Å². The number of ether oxygens (including phenoxy) is 1. The molecule has 0 saturated carbocycles. The lowest BCUT2D eigenvalue weighted by Crippen LogP contribution is -2.36. The number of nitrogens with zero attached hydrogens (tertiary/aromatic N) is 3. The number of esters is 1. The second-order valence-electron chi connectivity index (χ2n) is 5.74. The summed E-state index contributed by atoms with van der Waals surface area (Å²) in [5.74, 6) is -0.430. The molecule has 0 fully saturated rings. The highest BCUT2D eigenvalue weighted by atomic mass is 16.5. The smallest absolute Gasteiger partial charge is 0.358 e. The van der Waals surface area contributed by atoms with Gasteiger partial charge in [-0.05, 0) is 25.5 Å². The number of methoxy groups -OCH3 is 1. The van der Waals surface area contributed by atoms with Gasteiger partial charge in [0.25, 0.3) is 5.91 Å². The highest BCUT2D eigenvalue weighted by molar-refractivity contribution is 5.95. The first kappa shape index (κ1) is 15.3. The quantitative estimate of drug-likeness (QED) is 0.792. The first-order chi connectivity index (χ1) is 11.0. The summed E-state index contributed by atoms with van der Waals surface area (Å²) in [6.45, 7) is 2.98. The number of benzene rings is 1. The molecule has 0 saturated heterocycles. The van der Waals surface area contributed by atoms with Crippen LogP contribution >= 0.6 is 0 Å². The van der Waals surface area contributed by atoms with E-state index in [1.165, 1.54) is 7.11 Å². The maximum absolute atomic E-state index is 12.7. The highest BCUT2D eigenvalue weighted by Gasteiger charge is 2.29. The van der Waals surface area contributed by atoms with Crippen molar-refractivity contribution in [1.82, 2.24) is 14.7 Å². The van der Waals surface area contributed by atoms with Gasteiger partial charge in [-0.3, -0.25) is 9.48 Å². The van der Waals surface area contributed by atoms with E-state index in [2.05, 4.69) is 5.10 Å². The van der Waals surface area contributed by atoms with Crippen molar-refractivity contribution in [3.63, 3.8) is 0 Å². The fourth-order valence-electron chi connectivity index (χ4n) is 2.96. The van der Waals surface area contributed by atoms with Gasteiger partial charge >= 0.3 is 5.97 Å². The van der Waals surface area contributed by atoms with Crippen LogP contribution in [-0.2, 0) is 24.8 Å². The van der Waals surface area contributed by atoms with Gasteiger partial charge in [0.2, 0.25) is 0 Å². The van der Waals surface area contributed by atoms with Crippen LogP contribution < -0.4 is 0 Å². The number of carbonyl (C=O) groups excluding carboxylic acids is 2. The first-order valence-corrected chi connectivity index (χ1v) is 7.50. The van der Waals surface area contributed by atoms with Crippen LogP contribution in [0.25, 0.3) is 0 Å².